The fourth-order valence-electron chi connectivity index (χ4n) is 2.64. The molecule has 1 saturated heterocycles. The third kappa shape index (κ3) is 2.54. The van der Waals surface area contributed by atoms with Crippen molar-refractivity contribution in [2.75, 3.05) is 13.1 Å². The predicted octanol–water partition coefficient (Wildman–Crippen LogP) is 3.79. The van der Waals surface area contributed by atoms with Crippen LogP contribution in [-0.4, -0.2) is 23.2 Å². The summed E-state index contributed by atoms with van der Waals surface area (Å²) in [5.41, 5.74) is 1.25. The molecule has 1 nitrogen and oxygen atoms in total. The van der Waals surface area contributed by atoms with Gasteiger partial charge in [-0.2, -0.15) is 0 Å². The molecule has 2 heterocycles. The van der Waals surface area contributed by atoms with Crippen LogP contribution in [0.3, 0.4) is 0 Å². The molecule has 0 amide bonds. The number of piperidine rings is 1. The van der Waals surface area contributed by atoms with E-state index in [-0.39, 0.29) is 0 Å². The number of halogens is 1. The van der Waals surface area contributed by atoms with Gasteiger partial charge in [-0.1, -0.05) is 35.9 Å². The van der Waals surface area contributed by atoms with Gasteiger partial charge in [0.15, 0.2) is 0 Å². The highest BCUT2D eigenvalue weighted by Crippen LogP contribution is 2.36. The summed E-state index contributed by atoms with van der Waals surface area (Å²) in [4.78, 5) is 2.53. The molecule has 90 valence electrons. The first kappa shape index (κ1) is 11.6. The number of rotatable bonds is 2. The van der Waals surface area contributed by atoms with Crippen molar-refractivity contribution in [1.29, 1.82) is 0 Å². The number of thioether (sulfide) groups is 1. The summed E-state index contributed by atoms with van der Waals surface area (Å²) in [5.74, 6) is 0.747. The van der Waals surface area contributed by atoms with Gasteiger partial charge in [-0.3, -0.25) is 4.90 Å². The average Bonchev–Trinajstić information content (AvgIpc) is 2.79. The van der Waals surface area contributed by atoms with Crippen LogP contribution in [0, 0.1) is 5.92 Å². The number of hydrogen-bond donors (Lipinski definition) is 0. The molecule has 2 atom stereocenters. The maximum Gasteiger partial charge on any atom is 0.0451 e. The Kier molecular flexibility index (Phi) is 3.46. The van der Waals surface area contributed by atoms with Gasteiger partial charge < -0.3 is 0 Å². The minimum atomic E-state index is 0.747. The fourth-order valence-corrected chi connectivity index (χ4v) is 3.95. The van der Waals surface area contributed by atoms with Gasteiger partial charge in [0.2, 0.25) is 0 Å². The molecule has 17 heavy (non-hydrogen) atoms. The Hall–Kier alpha value is -0.440. The van der Waals surface area contributed by atoms with Crippen molar-refractivity contribution in [3.05, 3.63) is 46.3 Å². The van der Waals surface area contributed by atoms with Gasteiger partial charge in [-0.15, -0.1) is 11.8 Å². The highest BCUT2D eigenvalue weighted by Gasteiger charge is 2.30. The zero-order valence-electron chi connectivity index (χ0n) is 9.68. The Morgan fingerprint density at radius 3 is 3.12 bits per heavy atom. The van der Waals surface area contributed by atoms with E-state index in [2.05, 4.69) is 28.5 Å². The number of nitrogens with zero attached hydrogens (tertiary/aromatic N) is 1. The first-order valence-corrected chi connectivity index (χ1v) is 7.43. The summed E-state index contributed by atoms with van der Waals surface area (Å²) in [6.07, 6.45) is 3.67. The topological polar surface area (TPSA) is 3.24 Å². The standard InChI is InChI=1S/C14H16ClNS/c15-13-4-2-1-3-11(13)9-16-7-5-14-12(10-16)6-8-17-14/h1-4,6,8,12,14H,5,7,9-10H2. The Morgan fingerprint density at radius 2 is 2.24 bits per heavy atom. The fraction of sp³-hybridized carbons (Fsp3) is 0.429. The van der Waals surface area contributed by atoms with Gasteiger partial charge in [-0.25, -0.2) is 0 Å². The van der Waals surface area contributed by atoms with Gasteiger partial charge in [0, 0.05) is 29.3 Å². The van der Waals surface area contributed by atoms with Crippen molar-refractivity contribution in [3.8, 4) is 0 Å². The first-order valence-electron chi connectivity index (χ1n) is 6.11. The normalized spacial score (nSPS) is 28.3. The number of fused-ring (bicyclic) bond motifs is 1. The van der Waals surface area contributed by atoms with Crippen molar-refractivity contribution in [2.24, 2.45) is 5.92 Å². The van der Waals surface area contributed by atoms with Crippen molar-refractivity contribution in [1.82, 2.24) is 4.90 Å². The lowest BCUT2D eigenvalue weighted by atomic mass is 9.97. The second-order valence-electron chi connectivity index (χ2n) is 4.78. The van der Waals surface area contributed by atoms with Crippen LogP contribution < -0.4 is 0 Å². The van der Waals surface area contributed by atoms with Gasteiger partial charge in [0.05, 0.1) is 0 Å². The minimum Gasteiger partial charge on any atom is -0.298 e. The highest BCUT2D eigenvalue weighted by molar-refractivity contribution is 8.03. The zero-order chi connectivity index (χ0) is 11.7. The van der Waals surface area contributed by atoms with Crippen molar-refractivity contribution >= 4 is 23.4 Å². The summed E-state index contributed by atoms with van der Waals surface area (Å²) in [6, 6.07) is 8.18. The Bertz CT molecular complexity index is 432. The molecule has 2 aliphatic heterocycles. The second kappa shape index (κ2) is 5.05. The molecule has 0 radical (unpaired) electrons. The SMILES string of the molecule is Clc1ccccc1CN1CCC2SC=CC2C1. The highest BCUT2D eigenvalue weighted by atomic mass is 35.5. The van der Waals surface area contributed by atoms with E-state index in [4.69, 9.17) is 11.6 Å². The molecule has 0 bridgehead atoms. The lowest BCUT2D eigenvalue weighted by molar-refractivity contribution is 0.196. The molecule has 1 aromatic carbocycles. The molecule has 2 aliphatic rings. The number of benzene rings is 1. The van der Waals surface area contributed by atoms with Crippen LogP contribution in [0.2, 0.25) is 5.02 Å². The van der Waals surface area contributed by atoms with Gasteiger partial charge in [0.25, 0.3) is 0 Å². The van der Waals surface area contributed by atoms with Crippen LogP contribution in [0.1, 0.15) is 12.0 Å². The lowest BCUT2D eigenvalue weighted by Gasteiger charge is -2.34. The molecule has 2 unspecified atom stereocenters. The quantitative estimate of drug-likeness (QED) is 0.800. The van der Waals surface area contributed by atoms with Crippen LogP contribution in [0.25, 0.3) is 0 Å². The van der Waals surface area contributed by atoms with E-state index in [0.717, 1.165) is 22.7 Å². The van der Waals surface area contributed by atoms with E-state index in [9.17, 15) is 0 Å². The molecule has 0 saturated carbocycles. The van der Waals surface area contributed by atoms with Crippen molar-refractivity contribution in [2.45, 2.75) is 18.2 Å². The van der Waals surface area contributed by atoms with E-state index in [1.54, 1.807) is 0 Å². The van der Waals surface area contributed by atoms with Crippen LogP contribution in [0.5, 0.6) is 0 Å². The molecule has 1 aromatic rings. The third-order valence-electron chi connectivity index (χ3n) is 3.61. The van der Waals surface area contributed by atoms with Crippen LogP contribution in [-0.2, 0) is 6.54 Å². The van der Waals surface area contributed by atoms with E-state index >= 15 is 0 Å². The molecular weight excluding hydrogens is 250 g/mol. The maximum atomic E-state index is 6.21. The molecule has 0 spiro atoms. The second-order valence-corrected chi connectivity index (χ2v) is 6.34. The van der Waals surface area contributed by atoms with E-state index in [0.29, 0.717) is 0 Å². The lowest BCUT2D eigenvalue weighted by Crippen LogP contribution is -2.39. The number of likely N-dealkylation sites (tertiary alicyclic amines) is 1. The molecule has 0 N–H and O–H groups in total. The Balaban J connectivity index is 1.66. The van der Waals surface area contributed by atoms with Gasteiger partial charge >= 0.3 is 0 Å². The van der Waals surface area contributed by atoms with Crippen molar-refractivity contribution in [3.63, 3.8) is 0 Å². The first-order chi connectivity index (χ1) is 8.33. The predicted molar refractivity (Wildman–Crippen MR) is 75.4 cm³/mol. The van der Waals surface area contributed by atoms with Crippen molar-refractivity contribution < 1.29 is 0 Å². The zero-order valence-corrected chi connectivity index (χ0v) is 11.3. The average molecular weight is 266 g/mol. The van der Waals surface area contributed by atoms with E-state index in [1.807, 2.05) is 23.9 Å². The Morgan fingerprint density at radius 1 is 1.35 bits per heavy atom. The van der Waals surface area contributed by atoms with Crippen LogP contribution >= 0.6 is 23.4 Å². The largest absolute Gasteiger partial charge is 0.298 e. The minimum absolute atomic E-state index is 0.747. The molecule has 0 aliphatic carbocycles. The smallest absolute Gasteiger partial charge is 0.0451 e. The molecular formula is C14H16ClNS. The summed E-state index contributed by atoms with van der Waals surface area (Å²) in [5, 5.41) is 4.00. The van der Waals surface area contributed by atoms with E-state index in [1.165, 1.54) is 25.1 Å². The third-order valence-corrected chi connectivity index (χ3v) is 5.23. The maximum absolute atomic E-state index is 6.21. The Labute approximate surface area is 112 Å². The summed E-state index contributed by atoms with van der Waals surface area (Å²) in [7, 11) is 0. The molecule has 3 heteroatoms. The summed E-state index contributed by atoms with van der Waals surface area (Å²) >= 11 is 8.21. The monoisotopic (exact) mass is 265 g/mol. The van der Waals surface area contributed by atoms with E-state index < -0.39 is 0 Å². The van der Waals surface area contributed by atoms with Gasteiger partial charge in [0.1, 0.15) is 0 Å². The summed E-state index contributed by atoms with van der Waals surface area (Å²) in [6.45, 7) is 3.36. The molecule has 1 fully saturated rings. The molecule has 0 aromatic heterocycles. The number of hydrogen-bond acceptors (Lipinski definition) is 2. The van der Waals surface area contributed by atoms with Crippen LogP contribution in [0.4, 0.5) is 0 Å². The van der Waals surface area contributed by atoms with Crippen LogP contribution in [0.15, 0.2) is 35.7 Å². The molecule has 3 rings (SSSR count). The van der Waals surface area contributed by atoms with Gasteiger partial charge in [-0.05, 0) is 30.0 Å². The summed E-state index contributed by atoms with van der Waals surface area (Å²) < 4.78 is 0.